The molecule has 0 spiro atoms. The number of fused-ring (bicyclic) bond motifs is 1. The first kappa shape index (κ1) is 74.5. The van der Waals surface area contributed by atoms with Gasteiger partial charge in [-0.25, -0.2) is 19.4 Å². The van der Waals surface area contributed by atoms with Crippen molar-refractivity contribution < 1.29 is 63.1 Å². The molecule has 7 atom stereocenters. The number of benzene rings is 4. The average molecular weight is 1280 g/mol. The first-order valence-corrected chi connectivity index (χ1v) is 31.4. The number of urea groups is 1. The number of aromatic nitrogens is 1. The number of alkyl carbamates (subject to hydrolysis) is 2. The Labute approximate surface area is 541 Å². The molecule has 0 aliphatic carbocycles. The zero-order valence-corrected chi connectivity index (χ0v) is 55.2. The number of nitrogens with two attached hydrogens (primary N) is 1. The molecule has 6 rings (SSSR count). The van der Waals surface area contributed by atoms with E-state index in [9.17, 15) is 48.9 Å². The van der Waals surface area contributed by atoms with Crippen molar-refractivity contribution in [3.8, 4) is 0 Å². The van der Waals surface area contributed by atoms with E-state index in [2.05, 4.69) is 36.9 Å². The largest absolute Gasteiger partial charge is 0.444 e. The number of amides is 8. The van der Waals surface area contributed by atoms with Crippen molar-refractivity contribution in [3.63, 3.8) is 0 Å². The van der Waals surface area contributed by atoms with E-state index in [4.69, 9.17) is 19.9 Å². The maximum absolute atomic E-state index is 13.6. The zero-order chi connectivity index (χ0) is 67.8. The van der Waals surface area contributed by atoms with E-state index in [1.165, 1.54) is 11.0 Å². The van der Waals surface area contributed by atoms with Gasteiger partial charge in [0.2, 0.25) is 17.7 Å². The zero-order valence-electron chi connectivity index (χ0n) is 55.2. The molecule has 1 aromatic heterocycles. The van der Waals surface area contributed by atoms with Gasteiger partial charge in [-0.15, -0.1) is 0 Å². The summed E-state index contributed by atoms with van der Waals surface area (Å²) in [5.41, 5.74) is 7.67. The number of carbonyl (C=O) groups is 7. The fraction of sp³-hybridized carbons (Fsp3) is 0.507. The number of hydrogen-bond donors (Lipinski definition) is 10. The maximum Gasteiger partial charge on any atom is 0.407 e. The van der Waals surface area contributed by atoms with Crippen LogP contribution in [0.25, 0.3) is 10.9 Å². The highest BCUT2D eigenvalue weighted by Crippen LogP contribution is 2.18. The van der Waals surface area contributed by atoms with Gasteiger partial charge in [-0.05, 0) is 122 Å². The van der Waals surface area contributed by atoms with E-state index in [-0.39, 0.29) is 56.0 Å². The summed E-state index contributed by atoms with van der Waals surface area (Å²) in [5.74, 6) is -1.98. The fourth-order valence-electron chi connectivity index (χ4n) is 9.87. The quantitative estimate of drug-likeness (QED) is 0.0300. The fourth-order valence-corrected chi connectivity index (χ4v) is 9.87. The minimum atomic E-state index is -1.32. The van der Waals surface area contributed by atoms with Crippen molar-refractivity contribution in [2.75, 3.05) is 52.5 Å². The summed E-state index contributed by atoms with van der Waals surface area (Å²) in [5, 5.41) is 51.6. The maximum atomic E-state index is 13.6. The van der Waals surface area contributed by atoms with Crippen LogP contribution in [0.5, 0.6) is 0 Å². The Morgan fingerprint density at radius 1 is 0.598 bits per heavy atom. The van der Waals surface area contributed by atoms with Crippen LogP contribution in [0.2, 0.25) is 0 Å². The third-order valence-electron chi connectivity index (χ3n) is 14.2. The summed E-state index contributed by atoms with van der Waals surface area (Å²) in [7, 11) is 0. The molecule has 0 unspecified atom stereocenters. The lowest BCUT2D eigenvalue weighted by Gasteiger charge is -2.34. The molecule has 1 fully saturated rings. The number of para-hydroxylation sites is 1. The van der Waals surface area contributed by atoms with Gasteiger partial charge in [0.05, 0.1) is 74.6 Å². The highest BCUT2D eigenvalue weighted by atomic mass is 16.6. The number of aliphatic hydroxyl groups excluding tert-OH is 3. The second-order valence-corrected chi connectivity index (χ2v) is 26.6. The summed E-state index contributed by atoms with van der Waals surface area (Å²) in [6.07, 6.45) is -3.86. The molecule has 92 heavy (non-hydrogen) atoms. The van der Waals surface area contributed by atoms with Gasteiger partial charge in [-0.1, -0.05) is 123 Å². The van der Waals surface area contributed by atoms with Crippen molar-refractivity contribution in [2.24, 2.45) is 11.7 Å². The molecule has 23 heteroatoms. The molecule has 8 amide bonds. The Balaban J connectivity index is 0.000000335. The van der Waals surface area contributed by atoms with E-state index in [0.29, 0.717) is 51.2 Å². The lowest BCUT2D eigenvalue weighted by molar-refractivity contribution is -0.134. The predicted octanol–water partition coefficient (Wildman–Crippen LogP) is 5.73. The summed E-state index contributed by atoms with van der Waals surface area (Å²) in [4.78, 5) is 97.4. The first-order valence-electron chi connectivity index (χ1n) is 31.4. The van der Waals surface area contributed by atoms with E-state index >= 15 is 0 Å². The SMILES string of the molecule is CC(C)(C)OC(=O)N[C@@H](Cc1ccccc1)[C@H](O)CNC[C@@H](O)[C@H](Cc1ccc(CC(=O)N2CCOCC2)cc1)NC(=O)OC(C)(C)C.CC(C)CN(C[C@@H](O)[C@H](Cc1ccccc1)NC(=O)[C@H](CC(N)=O)NC(=O)c1ccc2ccccc2n1)C(=O)NC(C)(C)C. The highest BCUT2D eigenvalue weighted by Gasteiger charge is 2.33. The van der Waals surface area contributed by atoms with Gasteiger partial charge in [-0.2, -0.15) is 0 Å². The van der Waals surface area contributed by atoms with Crippen LogP contribution in [0.15, 0.2) is 121 Å². The number of aliphatic hydroxyl groups is 3. The smallest absolute Gasteiger partial charge is 0.407 e. The van der Waals surface area contributed by atoms with Gasteiger partial charge in [0.1, 0.15) is 22.9 Å². The summed E-state index contributed by atoms with van der Waals surface area (Å²) < 4.78 is 16.2. The number of nitrogens with zero attached hydrogens (tertiary/aromatic N) is 3. The Morgan fingerprint density at radius 3 is 1.57 bits per heavy atom. The number of ether oxygens (including phenoxy) is 3. The third-order valence-corrected chi connectivity index (χ3v) is 14.2. The number of pyridine rings is 1. The van der Waals surface area contributed by atoms with Crippen LogP contribution in [0.4, 0.5) is 14.4 Å². The highest BCUT2D eigenvalue weighted by molar-refractivity contribution is 5.99. The molecule has 502 valence electrons. The molecule has 4 aromatic carbocycles. The van der Waals surface area contributed by atoms with Crippen LogP contribution in [-0.4, -0.2) is 184 Å². The molecule has 1 aliphatic heterocycles. The standard InChI is InChI=1S/C36H54N4O8.C33H44N6O5/c1-35(2,3)47-33(44)38-28(20-25-10-8-7-9-11-25)30(41)23-37-24-31(42)29(39-34(45)48-36(4,5)6)21-26-12-14-27(15-13-26)22-32(43)40-16-18-46-19-17-40;1-21(2)19-39(32(44)38-33(3,4)5)20-28(40)26(17-22-11-7-6-8-12-22)36-31(43)27(18-29(34)41)37-30(42)25-16-15-23-13-9-10-14-24(23)35-25/h7-15,28-31,37,41-42H,16-24H2,1-6H3,(H,38,44)(H,39,45);6-16,21,26-28,40H,17-20H2,1-5H3,(H2,34,41)(H,36,43)(H,37,42)(H,38,44)/t28-,29-,30+,31+;26-,27-,28+/m00/s1. The Morgan fingerprint density at radius 2 is 1.08 bits per heavy atom. The molecule has 2 heterocycles. The molecular weight excluding hydrogens is 1180 g/mol. The normalized spacial score (nSPS) is 15.0. The molecule has 0 radical (unpaired) electrons. The van der Waals surface area contributed by atoms with Gasteiger partial charge in [0, 0.05) is 43.6 Å². The minimum Gasteiger partial charge on any atom is -0.444 e. The van der Waals surface area contributed by atoms with E-state index in [0.717, 1.165) is 27.6 Å². The number of rotatable bonds is 27. The van der Waals surface area contributed by atoms with Gasteiger partial charge < -0.3 is 77.0 Å². The van der Waals surface area contributed by atoms with Crippen LogP contribution < -0.4 is 37.6 Å². The Bertz CT molecular complexity index is 3150. The Hall–Kier alpha value is -8.22. The molecular formula is C69H98N10O13. The van der Waals surface area contributed by atoms with E-state index < -0.39 is 95.5 Å². The number of nitrogens with one attached hydrogen (secondary N) is 6. The van der Waals surface area contributed by atoms with Crippen molar-refractivity contribution >= 4 is 52.7 Å². The second-order valence-electron chi connectivity index (χ2n) is 26.6. The van der Waals surface area contributed by atoms with Crippen LogP contribution >= 0.6 is 0 Å². The number of morpholine rings is 1. The molecule has 11 N–H and O–H groups in total. The van der Waals surface area contributed by atoms with Crippen molar-refractivity contribution in [2.45, 2.75) is 167 Å². The molecule has 23 nitrogen and oxygen atoms in total. The average Bonchev–Trinajstić information content (AvgIpc) is 1.11. The first-order chi connectivity index (χ1) is 43.3. The van der Waals surface area contributed by atoms with Crippen molar-refractivity contribution in [1.29, 1.82) is 0 Å². The molecule has 5 aromatic rings. The lowest BCUT2D eigenvalue weighted by atomic mass is 9.99. The van der Waals surface area contributed by atoms with Crippen LogP contribution in [0.3, 0.4) is 0 Å². The van der Waals surface area contributed by atoms with Gasteiger partial charge in [-0.3, -0.25) is 19.2 Å². The van der Waals surface area contributed by atoms with Crippen LogP contribution in [-0.2, 0) is 54.3 Å². The molecule has 0 saturated carbocycles. The minimum absolute atomic E-state index is 0.0359. The number of carbonyl (C=O) groups excluding carboxylic acids is 7. The molecule has 1 saturated heterocycles. The second kappa shape index (κ2) is 35.6. The van der Waals surface area contributed by atoms with Crippen molar-refractivity contribution in [1.82, 2.24) is 46.7 Å². The van der Waals surface area contributed by atoms with Gasteiger partial charge >= 0.3 is 18.2 Å². The van der Waals surface area contributed by atoms with E-state index in [1.54, 1.807) is 64.6 Å². The lowest BCUT2D eigenvalue weighted by Crippen LogP contribution is -2.57. The van der Waals surface area contributed by atoms with Gasteiger partial charge in [0.25, 0.3) is 5.91 Å². The van der Waals surface area contributed by atoms with Crippen LogP contribution in [0, 0.1) is 5.92 Å². The third kappa shape index (κ3) is 27.7. The predicted molar refractivity (Wildman–Crippen MR) is 352 cm³/mol. The summed E-state index contributed by atoms with van der Waals surface area (Å²) in [6.45, 7) is 22.8. The summed E-state index contributed by atoms with van der Waals surface area (Å²) in [6, 6.07) is 32.9. The summed E-state index contributed by atoms with van der Waals surface area (Å²) >= 11 is 0. The number of hydrogen-bond acceptors (Lipinski definition) is 15. The Kier molecular flexibility index (Phi) is 28.8. The number of primary amides is 1. The van der Waals surface area contributed by atoms with E-state index in [1.807, 2.05) is 132 Å². The topological polar surface area (TPSA) is 325 Å². The van der Waals surface area contributed by atoms with Crippen molar-refractivity contribution in [3.05, 3.63) is 149 Å². The van der Waals surface area contributed by atoms with Gasteiger partial charge in [0.15, 0.2) is 0 Å². The molecule has 0 bridgehead atoms. The molecule has 1 aliphatic rings. The monoisotopic (exact) mass is 1270 g/mol. The van der Waals surface area contributed by atoms with Crippen LogP contribution in [0.1, 0.15) is 115 Å².